The second-order valence-electron chi connectivity index (χ2n) is 7.72. The lowest BCUT2D eigenvalue weighted by Gasteiger charge is -2.32. The number of rotatable bonds is 5. The van der Waals surface area contributed by atoms with Gasteiger partial charge in [-0.3, -0.25) is 9.78 Å². The molecule has 1 fully saturated rings. The van der Waals surface area contributed by atoms with E-state index in [1.165, 1.54) is 0 Å². The topological polar surface area (TPSA) is 92.1 Å². The van der Waals surface area contributed by atoms with Crippen LogP contribution in [0.4, 0.5) is 0 Å². The number of hydrogen-bond acceptors (Lipinski definition) is 5. The lowest BCUT2D eigenvalue weighted by molar-refractivity contribution is -0.130. The van der Waals surface area contributed by atoms with Gasteiger partial charge in [-0.15, -0.1) is 0 Å². The number of carbonyl (C=O) groups is 2. The van der Waals surface area contributed by atoms with Crippen LogP contribution < -0.4 is 5.32 Å². The number of para-hydroxylation sites is 1. The Kier molecular flexibility index (Phi) is 6.17. The number of carbonyl (C=O) groups excluding carboxylic acids is 2. The van der Waals surface area contributed by atoms with Crippen LogP contribution in [-0.4, -0.2) is 28.5 Å². The fourth-order valence-corrected chi connectivity index (χ4v) is 4.00. The smallest absolute Gasteiger partial charge is 0.339 e. The van der Waals surface area contributed by atoms with Crippen molar-refractivity contribution in [2.24, 2.45) is 0 Å². The van der Waals surface area contributed by atoms with Crippen LogP contribution in [0.5, 0.6) is 0 Å². The molecule has 6 nitrogen and oxygen atoms in total. The Morgan fingerprint density at radius 2 is 1.97 bits per heavy atom. The van der Waals surface area contributed by atoms with E-state index in [0.29, 0.717) is 30.2 Å². The molecule has 1 aromatic heterocycles. The van der Waals surface area contributed by atoms with Crippen molar-refractivity contribution in [3.8, 4) is 6.07 Å². The van der Waals surface area contributed by atoms with Crippen molar-refractivity contribution >= 4 is 22.8 Å². The third-order valence-electron chi connectivity index (χ3n) is 5.71. The summed E-state index contributed by atoms with van der Waals surface area (Å²) in [5.41, 5.74) is 1.91. The fourth-order valence-electron chi connectivity index (χ4n) is 4.00. The third-order valence-corrected chi connectivity index (χ3v) is 5.71. The maximum absolute atomic E-state index is 13.0. The molecule has 0 radical (unpaired) electrons. The summed E-state index contributed by atoms with van der Waals surface area (Å²) in [4.78, 5) is 30.3. The highest BCUT2D eigenvalue weighted by Gasteiger charge is 2.35. The van der Waals surface area contributed by atoms with Gasteiger partial charge in [0, 0.05) is 11.1 Å². The standard InChI is InChI=1S/C23H27N3O3/c1-4-18-15(2)20(17-10-6-7-11-19(17)25-18)22(28)29-16(3)21(27)26-23(14-24)12-8-5-9-13-23/h6-7,10-11,16H,4-5,8-9,12-13H2,1-3H3,(H,26,27)/t16-/m0/s1. The van der Waals surface area contributed by atoms with Crippen molar-refractivity contribution in [3.05, 3.63) is 41.1 Å². The number of hydrogen-bond donors (Lipinski definition) is 1. The van der Waals surface area contributed by atoms with Crippen molar-refractivity contribution in [3.63, 3.8) is 0 Å². The molecular weight excluding hydrogens is 366 g/mol. The highest BCUT2D eigenvalue weighted by molar-refractivity contribution is 6.05. The summed E-state index contributed by atoms with van der Waals surface area (Å²) in [6.07, 6.45) is 3.84. The van der Waals surface area contributed by atoms with E-state index in [9.17, 15) is 14.9 Å². The first-order valence-electron chi connectivity index (χ1n) is 10.2. The minimum Gasteiger partial charge on any atom is -0.449 e. The summed E-state index contributed by atoms with van der Waals surface area (Å²) in [7, 11) is 0. The summed E-state index contributed by atoms with van der Waals surface area (Å²) in [5, 5.41) is 13.1. The SMILES string of the molecule is CCc1nc2ccccc2c(C(=O)O[C@@H](C)C(=O)NC2(C#N)CCCCC2)c1C. The molecule has 1 amide bonds. The minimum absolute atomic E-state index is 0.437. The van der Waals surface area contributed by atoms with Gasteiger partial charge in [0.25, 0.3) is 5.91 Å². The number of esters is 1. The molecule has 2 aromatic rings. The Morgan fingerprint density at radius 1 is 1.28 bits per heavy atom. The highest BCUT2D eigenvalue weighted by Crippen LogP contribution is 2.28. The van der Waals surface area contributed by atoms with Crippen molar-refractivity contribution in [2.75, 3.05) is 0 Å². The zero-order valence-electron chi connectivity index (χ0n) is 17.2. The Labute approximate surface area is 171 Å². The van der Waals surface area contributed by atoms with Crippen molar-refractivity contribution in [2.45, 2.75) is 70.9 Å². The van der Waals surface area contributed by atoms with Gasteiger partial charge in [-0.1, -0.05) is 44.4 Å². The third kappa shape index (κ3) is 4.24. The van der Waals surface area contributed by atoms with Gasteiger partial charge in [0.05, 0.1) is 17.1 Å². The van der Waals surface area contributed by atoms with E-state index < -0.39 is 23.5 Å². The van der Waals surface area contributed by atoms with E-state index in [2.05, 4.69) is 16.4 Å². The number of amides is 1. The zero-order valence-corrected chi connectivity index (χ0v) is 17.2. The molecular formula is C23H27N3O3. The van der Waals surface area contributed by atoms with Gasteiger partial charge in [0.15, 0.2) is 6.10 Å². The Morgan fingerprint density at radius 3 is 2.62 bits per heavy atom. The number of benzene rings is 1. The Bertz CT molecular complexity index is 971. The van der Waals surface area contributed by atoms with Gasteiger partial charge in [-0.25, -0.2) is 4.79 Å². The van der Waals surface area contributed by atoms with Crippen LogP contribution in [0.3, 0.4) is 0 Å². The van der Waals surface area contributed by atoms with Crippen LogP contribution in [0.15, 0.2) is 24.3 Å². The molecule has 29 heavy (non-hydrogen) atoms. The van der Waals surface area contributed by atoms with Crippen LogP contribution in [0.1, 0.15) is 67.6 Å². The van der Waals surface area contributed by atoms with Crippen LogP contribution in [0.2, 0.25) is 0 Å². The van der Waals surface area contributed by atoms with Crippen LogP contribution in [-0.2, 0) is 16.0 Å². The van der Waals surface area contributed by atoms with E-state index >= 15 is 0 Å². The first kappa shape index (κ1) is 20.8. The van der Waals surface area contributed by atoms with Gasteiger partial charge in [0.2, 0.25) is 0 Å². The zero-order chi connectivity index (χ0) is 21.0. The van der Waals surface area contributed by atoms with Crippen LogP contribution in [0.25, 0.3) is 10.9 Å². The molecule has 1 aliphatic rings. The average Bonchev–Trinajstić information content (AvgIpc) is 2.73. The summed E-state index contributed by atoms with van der Waals surface area (Å²) in [6.45, 7) is 5.38. The molecule has 0 spiro atoms. The second kappa shape index (κ2) is 8.60. The van der Waals surface area contributed by atoms with E-state index in [0.717, 1.165) is 36.0 Å². The average molecular weight is 393 g/mol. The lowest BCUT2D eigenvalue weighted by atomic mass is 9.83. The molecule has 1 atom stereocenters. The summed E-state index contributed by atoms with van der Waals surface area (Å²) in [5.74, 6) is -0.985. The first-order valence-corrected chi connectivity index (χ1v) is 10.2. The minimum atomic E-state index is -0.994. The summed E-state index contributed by atoms with van der Waals surface area (Å²) >= 11 is 0. The highest BCUT2D eigenvalue weighted by atomic mass is 16.5. The van der Waals surface area contributed by atoms with E-state index in [-0.39, 0.29) is 0 Å². The molecule has 1 aliphatic carbocycles. The summed E-state index contributed by atoms with van der Waals surface area (Å²) < 4.78 is 5.53. The van der Waals surface area contributed by atoms with Gasteiger partial charge in [0.1, 0.15) is 5.54 Å². The molecule has 0 unspecified atom stereocenters. The molecule has 152 valence electrons. The van der Waals surface area contributed by atoms with Gasteiger partial charge in [-0.05, 0) is 44.7 Å². The molecule has 1 N–H and O–H groups in total. The fraction of sp³-hybridized carbons (Fsp3) is 0.478. The quantitative estimate of drug-likeness (QED) is 0.775. The molecule has 0 aliphatic heterocycles. The maximum atomic E-state index is 13.0. The van der Waals surface area contributed by atoms with Crippen molar-refractivity contribution in [1.29, 1.82) is 5.26 Å². The molecule has 1 saturated carbocycles. The molecule has 3 rings (SSSR count). The second-order valence-corrected chi connectivity index (χ2v) is 7.72. The van der Waals surface area contributed by atoms with Crippen molar-refractivity contribution in [1.82, 2.24) is 10.3 Å². The number of ether oxygens (including phenoxy) is 1. The van der Waals surface area contributed by atoms with Gasteiger partial charge < -0.3 is 10.1 Å². The molecule has 1 heterocycles. The maximum Gasteiger partial charge on any atom is 0.339 e. The van der Waals surface area contributed by atoms with Gasteiger partial charge in [-0.2, -0.15) is 5.26 Å². The number of nitrogens with zero attached hydrogens (tertiary/aromatic N) is 2. The van der Waals surface area contributed by atoms with Gasteiger partial charge >= 0.3 is 5.97 Å². The Balaban J connectivity index is 1.82. The number of pyridine rings is 1. The number of nitriles is 1. The normalized spacial score (nSPS) is 16.6. The number of aromatic nitrogens is 1. The van der Waals surface area contributed by atoms with E-state index in [4.69, 9.17) is 4.74 Å². The molecule has 0 bridgehead atoms. The predicted molar refractivity (Wildman–Crippen MR) is 110 cm³/mol. The monoisotopic (exact) mass is 393 g/mol. The van der Waals surface area contributed by atoms with E-state index in [1.807, 2.05) is 38.1 Å². The number of aryl methyl sites for hydroxylation is 1. The Hall–Kier alpha value is -2.94. The van der Waals surface area contributed by atoms with Crippen molar-refractivity contribution < 1.29 is 14.3 Å². The lowest BCUT2D eigenvalue weighted by Crippen LogP contribution is -2.52. The first-order chi connectivity index (χ1) is 13.9. The number of fused-ring (bicyclic) bond motifs is 1. The molecule has 1 aromatic carbocycles. The molecule has 6 heteroatoms. The van der Waals surface area contributed by atoms with Crippen LogP contribution in [0, 0.1) is 18.3 Å². The summed E-state index contributed by atoms with van der Waals surface area (Å²) in [6, 6.07) is 9.68. The predicted octanol–water partition coefficient (Wildman–Crippen LogP) is 3.99. The van der Waals surface area contributed by atoms with Crippen LogP contribution >= 0.6 is 0 Å². The van der Waals surface area contributed by atoms with E-state index in [1.54, 1.807) is 6.92 Å². The molecule has 0 saturated heterocycles. The largest absolute Gasteiger partial charge is 0.449 e. The number of nitrogens with one attached hydrogen (secondary N) is 1.